The van der Waals surface area contributed by atoms with Crippen LogP contribution in [0.1, 0.15) is 26.7 Å². The van der Waals surface area contributed by atoms with E-state index in [4.69, 9.17) is 5.73 Å². The zero-order valence-electron chi connectivity index (χ0n) is 5.65. The number of hydrogen-bond acceptors (Lipinski definition) is 2. The van der Waals surface area contributed by atoms with Gasteiger partial charge in [0.1, 0.15) is 0 Å². The Morgan fingerprint density at radius 2 is 2.12 bits per heavy atom. The lowest BCUT2D eigenvalue weighted by Crippen LogP contribution is -2.35. The predicted octanol–water partition coefficient (Wildman–Crippen LogP) is 1.43. The molecule has 0 radical (unpaired) electrons. The normalized spacial score (nSPS) is 18.0. The van der Waals surface area contributed by atoms with Crippen LogP contribution in [0.3, 0.4) is 0 Å². The van der Waals surface area contributed by atoms with Crippen molar-refractivity contribution in [2.45, 2.75) is 32.2 Å². The second-order valence-electron chi connectivity index (χ2n) is 2.48. The van der Waals surface area contributed by atoms with Crippen molar-refractivity contribution in [2.75, 3.05) is 5.75 Å². The van der Waals surface area contributed by atoms with Gasteiger partial charge in [0.15, 0.2) is 0 Å². The van der Waals surface area contributed by atoms with E-state index in [0.29, 0.717) is 0 Å². The summed E-state index contributed by atoms with van der Waals surface area (Å²) in [5.74, 6) is 0.890. The molecule has 0 spiro atoms. The molecule has 0 amide bonds. The van der Waals surface area contributed by atoms with Gasteiger partial charge in [0.05, 0.1) is 0 Å². The van der Waals surface area contributed by atoms with Gasteiger partial charge in [-0.2, -0.15) is 12.6 Å². The fourth-order valence-electron chi connectivity index (χ4n) is 0.432. The zero-order chi connectivity index (χ0) is 6.62. The molecular weight excluding hydrogens is 118 g/mol. The monoisotopic (exact) mass is 133 g/mol. The Morgan fingerprint density at radius 1 is 1.62 bits per heavy atom. The van der Waals surface area contributed by atoms with Crippen molar-refractivity contribution >= 4 is 12.6 Å². The average molecular weight is 133 g/mol. The molecule has 8 heavy (non-hydrogen) atoms. The molecule has 0 aromatic carbocycles. The molecule has 2 N–H and O–H groups in total. The Labute approximate surface area is 57.1 Å². The predicted molar refractivity (Wildman–Crippen MR) is 41.4 cm³/mol. The second kappa shape index (κ2) is 3.36. The molecule has 0 fully saturated rings. The molecule has 0 heterocycles. The van der Waals surface area contributed by atoms with Crippen molar-refractivity contribution in [1.82, 2.24) is 0 Å². The molecule has 0 aliphatic carbocycles. The maximum absolute atomic E-state index is 5.78. The zero-order valence-corrected chi connectivity index (χ0v) is 6.54. The summed E-state index contributed by atoms with van der Waals surface area (Å²) in [5.41, 5.74) is 5.79. The van der Waals surface area contributed by atoms with Crippen LogP contribution in [0.5, 0.6) is 0 Å². The van der Waals surface area contributed by atoms with Gasteiger partial charge in [0, 0.05) is 5.54 Å². The molecule has 2 heteroatoms. The van der Waals surface area contributed by atoms with E-state index in [1.165, 1.54) is 0 Å². The molecule has 0 saturated heterocycles. The molecular formula is C6H15NS. The third-order valence-corrected chi connectivity index (χ3v) is 1.71. The lowest BCUT2D eigenvalue weighted by molar-refractivity contribution is 0.441. The van der Waals surface area contributed by atoms with Gasteiger partial charge in [-0.3, -0.25) is 0 Å². The van der Waals surface area contributed by atoms with Gasteiger partial charge >= 0.3 is 0 Å². The average Bonchev–Trinajstić information content (AvgIpc) is 1.67. The molecule has 0 rings (SSSR count). The molecule has 50 valence electrons. The molecule has 0 aliphatic rings. The maximum Gasteiger partial charge on any atom is 0.0131 e. The summed E-state index contributed by atoms with van der Waals surface area (Å²) in [4.78, 5) is 0. The van der Waals surface area contributed by atoms with Crippen LogP contribution in [0.2, 0.25) is 0 Å². The Kier molecular flexibility index (Phi) is 3.49. The molecule has 0 aliphatic heterocycles. The molecule has 0 aromatic heterocycles. The molecule has 1 unspecified atom stereocenters. The summed E-state index contributed by atoms with van der Waals surface area (Å²) in [6, 6.07) is 0. The Morgan fingerprint density at radius 3 is 2.25 bits per heavy atom. The maximum atomic E-state index is 5.78. The SMILES string of the molecule is CCC(C)(N)CCS. The van der Waals surface area contributed by atoms with Crippen molar-refractivity contribution in [3.63, 3.8) is 0 Å². The van der Waals surface area contributed by atoms with Gasteiger partial charge in [-0.15, -0.1) is 0 Å². The standard InChI is InChI=1S/C6H15NS/c1-3-6(2,7)4-5-8/h8H,3-5,7H2,1-2H3. The van der Waals surface area contributed by atoms with Crippen molar-refractivity contribution in [3.8, 4) is 0 Å². The number of thiol groups is 1. The van der Waals surface area contributed by atoms with Crippen molar-refractivity contribution in [1.29, 1.82) is 0 Å². The van der Waals surface area contributed by atoms with Crippen molar-refractivity contribution < 1.29 is 0 Å². The minimum Gasteiger partial charge on any atom is -0.325 e. The minimum absolute atomic E-state index is 0.0156. The summed E-state index contributed by atoms with van der Waals surface area (Å²) in [5, 5.41) is 0. The highest BCUT2D eigenvalue weighted by Crippen LogP contribution is 2.09. The highest BCUT2D eigenvalue weighted by molar-refractivity contribution is 7.80. The lowest BCUT2D eigenvalue weighted by Gasteiger charge is -2.20. The van der Waals surface area contributed by atoms with Crippen molar-refractivity contribution in [2.24, 2.45) is 5.73 Å². The first-order valence-corrected chi connectivity index (χ1v) is 3.65. The molecule has 0 aromatic rings. The highest BCUT2D eigenvalue weighted by atomic mass is 32.1. The first-order valence-electron chi connectivity index (χ1n) is 3.02. The third-order valence-electron chi connectivity index (χ3n) is 1.49. The first-order chi connectivity index (χ1) is 3.62. The molecule has 1 atom stereocenters. The van der Waals surface area contributed by atoms with Crippen LogP contribution in [0.4, 0.5) is 0 Å². The van der Waals surface area contributed by atoms with Gasteiger partial charge in [-0.05, 0) is 25.5 Å². The Bertz CT molecular complexity index is 61.5. The van der Waals surface area contributed by atoms with Crippen LogP contribution < -0.4 is 5.73 Å². The van der Waals surface area contributed by atoms with Gasteiger partial charge in [0.25, 0.3) is 0 Å². The van der Waals surface area contributed by atoms with Crippen LogP contribution >= 0.6 is 12.6 Å². The lowest BCUT2D eigenvalue weighted by atomic mass is 9.98. The molecule has 0 saturated carbocycles. The van der Waals surface area contributed by atoms with Crippen molar-refractivity contribution in [3.05, 3.63) is 0 Å². The van der Waals surface area contributed by atoms with Crippen LogP contribution in [0, 0.1) is 0 Å². The van der Waals surface area contributed by atoms with Crippen LogP contribution in [-0.4, -0.2) is 11.3 Å². The Hall–Kier alpha value is 0.310. The van der Waals surface area contributed by atoms with E-state index in [0.717, 1.165) is 18.6 Å². The summed E-state index contributed by atoms with van der Waals surface area (Å²) in [6.45, 7) is 4.16. The molecule has 1 nitrogen and oxygen atoms in total. The Balaban J connectivity index is 3.37. The summed E-state index contributed by atoms with van der Waals surface area (Å²) in [6.07, 6.45) is 2.04. The third kappa shape index (κ3) is 3.33. The van der Waals surface area contributed by atoms with E-state index in [1.54, 1.807) is 0 Å². The van der Waals surface area contributed by atoms with Crippen LogP contribution in [-0.2, 0) is 0 Å². The number of rotatable bonds is 3. The molecule has 0 bridgehead atoms. The minimum atomic E-state index is 0.0156. The van der Waals surface area contributed by atoms with Gasteiger partial charge in [0.2, 0.25) is 0 Å². The van der Waals surface area contributed by atoms with Gasteiger partial charge in [-0.1, -0.05) is 6.92 Å². The van der Waals surface area contributed by atoms with E-state index < -0.39 is 0 Å². The van der Waals surface area contributed by atoms with E-state index in [2.05, 4.69) is 26.5 Å². The van der Waals surface area contributed by atoms with E-state index >= 15 is 0 Å². The van der Waals surface area contributed by atoms with Gasteiger partial charge in [-0.25, -0.2) is 0 Å². The quantitative estimate of drug-likeness (QED) is 0.560. The topological polar surface area (TPSA) is 26.0 Å². The highest BCUT2D eigenvalue weighted by Gasteiger charge is 2.12. The van der Waals surface area contributed by atoms with E-state index in [9.17, 15) is 0 Å². The number of nitrogens with two attached hydrogens (primary N) is 1. The summed E-state index contributed by atoms with van der Waals surface area (Å²) < 4.78 is 0. The number of hydrogen-bond donors (Lipinski definition) is 2. The fraction of sp³-hybridized carbons (Fsp3) is 1.00. The van der Waals surface area contributed by atoms with Crippen LogP contribution in [0.15, 0.2) is 0 Å². The van der Waals surface area contributed by atoms with Crippen LogP contribution in [0.25, 0.3) is 0 Å². The second-order valence-corrected chi connectivity index (χ2v) is 2.93. The largest absolute Gasteiger partial charge is 0.325 e. The summed E-state index contributed by atoms with van der Waals surface area (Å²) in [7, 11) is 0. The summed E-state index contributed by atoms with van der Waals surface area (Å²) >= 11 is 4.09. The van der Waals surface area contributed by atoms with Gasteiger partial charge < -0.3 is 5.73 Å². The first kappa shape index (κ1) is 8.31. The van der Waals surface area contributed by atoms with E-state index in [-0.39, 0.29) is 5.54 Å². The smallest absolute Gasteiger partial charge is 0.0131 e. The van der Waals surface area contributed by atoms with E-state index in [1.807, 2.05) is 0 Å². The fourth-order valence-corrected chi connectivity index (χ4v) is 0.943.